The zero-order valence-electron chi connectivity index (χ0n) is 16.9. The van der Waals surface area contributed by atoms with Gasteiger partial charge in [0.2, 0.25) is 11.8 Å². The molecule has 0 bridgehead atoms. The van der Waals surface area contributed by atoms with E-state index in [4.69, 9.17) is 9.47 Å². The highest BCUT2D eigenvalue weighted by molar-refractivity contribution is 7.18. The molecule has 0 aliphatic carbocycles. The SMILES string of the molecule is CCOC(=O)c1sc(NC(=O)C2CC(=O)N(c3ccc(OC)cc3)C2)c(C#N)c1C. The number of carbonyl (C=O) groups excluding carboxylic acids is 3. The molecule has 0 saturated carbocycles. The summed E-state index contributed by atoms with van der Waals surface area (Å²) in [4.78, 5) is 39.2. The number of nitriles is 1. The maximum Gasteiger partial charge on any atom is 0.348 e. The van der Waals surface area contributed by atoms with Crippen molar-refractivity contribution in [2.24, 2.45) is 5.92 Å². The van der Waals surface area contributed by atoms with Crippen LogP contribution in [0.3, 0.4) is 0 Å². The predicted octanol–water partition coefficient (Wildman–Crippen LogP) is 3.11. The quantitative estimate of drug-likeness (QED) is 0.710. The lowest BCUT2D eigenvalue weighted by molar-refractivity contribution is -0.122. The Morgan fingerprint density at radius 2 is 2.03 bits per heavy atom. The normalized spacial score (nSPS) is 15.6. The summed E-state index contributed by atoms with van der Waals surface area (Å²) in [5.41, 5.74) is 1.39. The van der Waals surface area contributed by atoms with Gasteiger partial charge in [0.1, 0.15) is 21.7 Å². The highest BCUT2D eigenvalue weighted by atomic mass is 32.1. The molecule has 1 aromatic carbocycles. The van der Waals surface area contributed by atoms with E-state index < -0.39 is 11.9 Å². The summed E-state index contributed by atoms with van der Waals surface area (Å²) in [6, 6.07) is 9.06. The van der Waals surface area contributed by atoms with E-state index in [2.05, 4.69) is 5.32 Å². The van der Waals surface area contributed by atoms with Crippen molar-refractivity contribution in [3.8, 4) is 11.8 Å². The predicted molar refractivity (Wildman–Crippen MR) is 112 cm³/mol. The van der Waals surface area contributed by atoms with E-state index >= 15 is 0 Å². The molecular weight excluding hydrogens is 406 g/mol. The summed E-state index contributed by atoms with van der Waals surface area (Å²) in [7, 11) is 1.56. The van der Waals surface area contributed by atoms with Crippen molar-refractivity contribution in [2.45, 2.75) is 20.3 Å². The van der Waals surface area contributed by atoms with Gasteiger partial charge in [-0.15, -0.1) is 11.3 Å². The number of methoxy groups -OCH3 is 1. The molecule has 1 N–H and O–H groups in total. The second-order valence-corrected chi connectivity index (χ2v) is 7.71. The third kappa shape index (κ3) is 4.14. The largest absolute Gasteiger partial charge is 0.497 e. The number of esters is 1. The van der Waals surface area contributed by atoms with E-state index in [0.29, 0.717) is 22.0 Å². The van der Waals surface area contributed by atoms with Gasteiger partial charge in [-0.05, 0) is 43.7 Å². The van der Waals surface area contributed by atoms with Gasteiger partial charge in [-0.3, -0.25) is 9.59 Å². The fraction of sp³-hybridized carbons (Fsp3) is 0.333. The number of rotatable bonds is 6. The van der Waals surface area contributed by atoms with Gasteiger partial charge in [0.05, 0.1) is 25.2 Å². The van der Waals surface area contributed by atoms with Gasteiger partial charge in [0.25, 0.3) is 0 Å². The van der Waals surface area contributed by atoms with Gasteiger partial charge >= 0.3 is 5.97 Å². The first-order valence-corrected chi connectivity index (χ1v) is 10.2. The fourth-order valence-corrected chi connectivity index (χ4v) is 4.29. The number of hydrogen-bond acceptors (Lipinski definition) is 7. The number of amides is 2. The first kappa shape index (κ1) is 21.3. The summed E-state index contributed by atoms with van der Waals surface area (Å²) < 4.78 is 10.1. The standard InChI is InChI=1S/C21H21N3O5S/c1-4-29-21(27)18-12(2)16(10-22)20(30-18)23-19(26)13-9-17(25)24(11-13)14-5-7-15(28-3)8-6-14/h5-8,13H,4,9,11H2,1-3H3,(H,23,26). The molecule has 2 aromatic rings. The highest BCUT2D eigenvalue weighted by Crippen LogP contribution is 2.34. The van der Waals surface area contributed by atoms with Crippen LogP contribution in [0.15, 0.2) is 24.3 Å². The van der Waals surface area contributed by atoms with Crippen LogP contribution in [0, 0.1) is 24.2 Å². The molecule has 1 fully saturated rings. The molecule has 156 valence electrons. The van der Waals surface area contributed by atoms with Crippen LogP contribution >= 0.6 is 11.3 Å². The number of benzene rings is 1. The molecular formula is C21H21N3O5S. The zero-order chi connectivity index (χ0) is 21.8. The van der Waals surface area contributed by atoms with Crippen molar-refractivity contribution >= 4 is 39.8 Å². The van der Waals surface area contributed by atoms with Crippen molar-refractivity contribution in [1.29, 1.82) is 5.26 Å². The summed E-state index contributed by atoms with van der Waals surface area (Å²) >= 11 is 1.01. The Hall–Kier alpha value is -3.38. The van der Waals surface area contributed by atoms with Crippen LogP contribution in [0.1, 0.15) is 34.1 Å². The van der Waals surface area contributed by atoms with Crippen molar-refractivity contribution in [3.05, 3.63) is 40.3 Å². The number of nitrogens with one attached hydrogen (secondary N) is 1. The topological polar surface area (TPSA) is 109 Å². The third-order valence-corrected chi connectivity index (χ3v) is 6.02. The van der Waals surface area contributed by atoms with E-state index in [1.165, 1.54) is 0 Å². The highest BCUT2D eigenvalue weighted by Gasteiger charge is 2.36. The van der Waals surface area contributed by atoms with Crippen LogP contribution in [0.25, 0.3) is 0 Å². The van der Waals surface area contributed by atoms with E-state index in [0.717, 1.165) is 11.3 Å². The molecule has 9 heteroatoms. The molecule has 1 saturated heterocycles. The third-order valence-electron chi connectivity index (χ3n) is 4.84. The molecule has 0 spiro atoms. The molecule has 1 aromatic heterocycles. The number of carbonyl (C=O) groups is 3. The average Bonchev–Trinajstić information content (AvgIpc) is 3.28. The second-order valence-electron chi connectivity index (χ2n) is 6.69. The fourth-order valence-electron chi connectivity index (χ4n) is 3.24. The lowest BCUT2D eigenvalue weighted by Gasteiger charge is -2.17. The van der Waals surface area contributed by atoms with E-state index in [1.54, 1.807) is 50.1 Å². The Bertz CT molecular complexity index is 1020. The maximum atomic E-state index is 12.8. The smallest absolute Gasteiger partial charge is 0.348 e. The Morgan fingerprint density at radius 1 is 1.33 bits per heavy atom. The van der Waals surface area contributed by atoms with Gasteiger partial charge in [-0.25, -0.2) is 4.79 Å². The maximum absolute atomic E-state index is 12.8. The first-order chi connectivity index (χ1) is 14.4. The summed E-state index contributed by atoms with van der Waals surface area (Å²) in [6.45, 7) is 3.78. The van der Waals surface area contributed by atoms with Gasteiger partial charge < -0.3 is 19.7 Å². The van der Waals surface area contributed by atoms with E-state index in [1.807, 2.05) is 6.07 Å². The number of anilines is 2. The van der Waals surface area contributed by atoms with Gasteiger partial charge in [0, 0.05) is 18.7 Å². The van der Waals surface area contributed by atoms with Crippen LogP contribution in [0.5, 0.6) is 5.75 Å². The Morgan fingerprint density at radius 3 is 2.63 bits per heavy atom. The second kappa shape index (κ2) is 8.97. The number of ether oxygens (including phenoxy) is 2. The number of nitrogens with zero attached hydrogens (tertiary/aromatic N) is 2. The number of hydrogen-bond donors (Lipinski definition) is 1. The van der Waals surface area contributed by atoms with Crippen LogP contribution in [0.4, 0.5) is 10.7 Å². The van der Waals surface area contributed by atoms with Crippen molar-refractivity contribution < 1.29 is 23.9 Å². The summed E-state index contributed by atoms with van der Waals surface area (Å²) in [5, 5.41) is 12.5. The van der Waals surface area contributed by atoms with Crippen molar-refractivity contribution in [1.82, 2.24) is 0 Å². The Labute approximate surface area is 178 Å². The molecule has 2 heterocycles. The van der Waals surface area contributed by atoms with Crippen LogP contribution in [0.2, 0.25) is 0 Å². The van der Waals surface area contributed by atoms with Crippen LogP contribution in [-0.4, -0.2) is 38.0 Å². The van der Waals surface area contributed by atoms with Gasteiger partial charge in [-0.2, -0.15) is 5.26 Å². The summed E-state index contributed by atoms with van der Waals surface area (Å²) in [6.07, 6.45) is 0.0643. The van der Waals surface area contributed by atoms with E-state index in [9.17, 15) is 19.6 Å². The molecule has 1 atom stereocenters. The molecule has 30 heavy (non-hydrogen) atoms. The number of thiophene rings is 1. The Kier molecular flexibility index (Phi) is 6.37. The molecule has 3 rings (SSSR count). The molecule has 2 amide bonds. The lowest BCUT2D eigenvalue weighted by Crippen LogP contribution is -2.28. The minimum Gasteiger partial charge on any atom is -0.497 e. The summed E-state index contributed by atoms with van der Waals surface area (Å²) in [5.74, 6) is -0.949. The van der Waals surface area contributed by atoms with Crippen LogP contribution < -0.4 is 15.0 Å². The van der Waals surface area contributed by atoms with Crippen LogP contribution in [-0.2, 0) is 14.3 Å². The van der Waals surface area contributed by atoms with Crippen molar-refractivity contribution in [2.75, 3.05) is 30.5 Å². The minimum atomic E-state index is -0.570. The molecule has 1 aliphatic rings. The monoisotopic (exact) mass is 427 g/mol. The Balaban J connectivity index is 1.75. The molecule has 1 aliphatic heterocycles. The van der Waals surface area contributed by atoms with E-state index in [-0.39, 0.29) is 41.8 Å². The van der Waals surface area contributed by atoms with Gasteiger partial charge in [0.15, 0.2) is 0 Å². The zero-order valence-corrected chi connectivity index (χ0v) is 17.7. The van der Waals surface area contributed by atoms with Crippen molar-refractivity contribution in [3.63, 3.8) is 0 Å². The minimum absolute atomic E-state index is 0.0643. The average molecular weight is 427 g/mol. The first-order valence-electron chi connectivity index (χ1n) is 9.35. The lowest BCUT2D eigenvalue weighted by atomic mass is 10.1. The molecule has 0 radical (unpaired) electrons. The van der Waals surface area contributed by atoms with Gasteiger partial charge in [-0.1, -0.05) is 0 Å². The molecule has 1 unspecified atom stereocenters. The molecule has 8 nitrogen and oxygen atoms in total.